The molecule has 0 saturated heterocycles. The number of rotatable bonds is 9. The van der Waals surface area contributed by atoms with Crippen LogP contribution in [0, 0.1) is 0 Å². The summed E-state index contributed by atoms with van der Waals surface area (Å²) in [6.07, 6.45) is 3.26. The number of carbonyl (C=O) groups is 2. The zero-order valence-electron chi connectivity index (χ0n) is 18.9. The van der Waals surface area contributed by atoms with Gasteiger partial charge in [0.2, 0.25) is 11.8 Å². The van der Waals surface area contributed by atoms with Crippen LogP contribution in [0.2, 0.25) is 0 Å². The Morgan fingerprint density at radius 1 is 1.00 bits per heavy atom. The molecule has 0 spiro atoms. The molecule has 0 atom stereocenters. The number of nitrogens with zero attached hydrogens (tertiary/aromatic N) is 1. The minimum atomic E-state index is -0.203. The highest BCUT2D eigenvalue weighted by Gasteiger charge is 2.10. The zero-order chi connectivity index (χ0) is 24.5. The van der Waals surface area contributed by atoms with Gasteiger partial charge in [0, 0.05) is 27.6 Å². The Hall–Kier alpha value is -3.88. The van der Waals surface area contributed by atoms with Gasteiger partial charge in [0.1, 0.15) is 5.75 Å². The quantitative estimate of drug-likeness (QED) is 0.211. The van der Waals surface area contributed by atoms with E-state index in [4.69, 9.17) is 4.74 Å². The lowest BCUT2D eigenvalue weighted by atomic mass is 10.2. The molecule has 0 saturated carbocycles. The molecule has 0 bridgehead atoms. The van der Waals surface area contributed by atoms with Crippen LogP contribution in [0.4, 0.5) is 10.8 Å². The summed E-state index contributed by atoms with van der Waals surface area (Å²) in [7, 11) is 1.62. The van der Waals surface area contributed by atoms with Crippen molar-refractivity contribution in [3.63, 3.8) is 0 Å². The Bertz CT molecular complexity index is 1320. The molecule has 2 amide bonds. The molecule has 0 radical (unpaired) electrons. The average Bonchev–Trinajstić information content (AvgIpc) is 3.36. The summed E-state index contributed by atoms with van der Waals surface area (Å²) in [4.78, 5) is 29.9. The molecule has 0 aliphatic rings. The monoisotopic (exact) mass is 501 g/mol. The van der Waals surface area contributed by atoms with Crippen LogP contribution in [0.5, 0.6) is 5.75 Å². The second kappa shape index (κ2) is 12.0. The molecule has 3 aromatic carbocycles. The molecule has 1 heterocycles. The number of hydrogen-bond donors (Lipinski definition) is 2. The van der Waals surface area contributed by atoms with Crippen molar-refractivity contribution in [3.05, 3.63) is 95.9 Å². The highest BCUT2D eigenvalue weighted by atomic mass is 32.2. The summed E-state index contributed by atoms with van der Waals surface area (Å²) in [6.45, 7) is 0. The maximum atomic E-state index is 12.4. The largest absolute Gasteiger partial charge is 0.497 e. The van der Waals surface area contributed by atoms with Crippen LogP contribution in [0.15, 0.2) is 95.2 Å². The number of nitrogens with one attached hydrogen (secondary N) is 2. The number of hydrogen-bond acceptors (Lipinski definition) is 6. The number of aromatic nitrogens is 1. The fourth-order valence-electron chi connectivity index (χ4n) is 3.10. The zero-order valence-corrected chi connectivity index (χ0v) is 20.6. The Morgan fingerprint density at radius 2 is 1.80 bits per heavy atom. The fraction of sp³-hybridized carbons (Fsp3) is 0.0741. The normalized spacial score (nSPS) is 10.8. The maximum absolute atomic E-state index is 12.4. The molecular formula is C27H23N3O3S2. The second-order valence-electron chi connectivity index (χ2n) is 7.36. The van der Waals surface area contributed by atoms with Gasteiger partial charge in [-0.05, 0) is 48.0 Å². The standard InChI is InChI=1S/C27H23N3O3S2/c1-33-22-9-5-8-20(16-22)24-17-35-27(29-24)30-26(32)18-34-23-13-11-21(12-14-23)28-25(31)15-10-19-6-3-2-4-7-19/h2-17H,18H2,1H3,(H,28,31)(H,29,30,32)/b15-10+. The van der Waals surface area contributed by atoms with Gasteiger partial charge >= 0.3 is 0 Å². The predicted octanol–water partition coefficient (Wildman–Crippen LogP) is 6.20. The molecule has 35 heavy (non-hydrogen) atoms. The van der Waals surface area contributed by atoms with E-state index in [1.807, 2.05) is 84.2 Å². The summed E-state index contributed by atoms with van der Waals surface area (Å²) < 4.78 is 5.25. The first kappa shape index (κ1) is 24.3. The molecule has 0 fully saturated rings. The van der Waals surface area contributed by atoms with Gasteiger partial charge in [0.05, 0.1) is 18.6 Å². The molecule has 1 aromatic heterocycles. The first-order chi connectivity index (χ1) is 17.1. The lowest BCUT2D eigenvalue weighted by molar-refractivity contribution is -0.114. The number of methoxy groups -OCH3 is 1. The van der Waals surface area contributed by atoms with Crippen LogP contribution in [-0.2, 0) is 9.59 Å². The number of carbonyl (C=O) groups excluding carboxylic acids is 2. The lowest BCUT2D eigenvalue weighted by Crippen LogP contribution is -2.13. The molecule has 176 valence electrons. The van der Waals surface area contributed by atoms with Crippen LogP contribution in [-0.4, -0.2) is 29.7 Å². The first-order valence-corrected chi connectivity index (χ1v) is 12.6. The minimum absolute atomic E-state index is 0.134. The molecule has 0 aliphatic carbocycles. The minimum Gasteiger partial charge on any atom is -0.497 e. The maximum Gasteiger partial charge on any atom is 0.248 e. The van der Waals surface area contributed by atoms with Crippen LogP contribution in [0.3, 0.4) is 0 Å². The van der Waals surface area contributed by atoms with Gasteiger partial charge < -0.3 is 15.4 Å². The van der Waals surface area contributed by atoms with Crippen LogP contribution >= 0.6 is 23.1 Å². The van der Waals surface area contributed by atoms with E-state index >= 15 is 0 Å². The van der Waals surface area contributed by atoms with Gasteiger partial charge in [-0.2, -0.15) is 0 Å². The average molecular weight is 502 g/mol. The summed E-state index contributed by atoms with van der Waals surface area (Å²) in [6, 6.07) is 24.6. The molecule has 0 unspecified atom stereocenters. The van der Waals surface area contributed by atoms with E-state index in [0.717, 1.165) is 27.5 Å². The highest BCUT2D eigenvalue weighted by Crippen LogP contribution is 2.28. The predicted molar refractivity (Wildman–Crippen MR) is 144 cm³/mol. The molecule has 2 N–H and O–H groups in total. The summed E-state index contributed by atoms with van der Waals surface area (Å²) in [5, 5.41) is 8.13. The van der Waals surface area contributed by atoms with Gasteiger partial charge in [-0.25, -0.2) is 4.98 Å². The van der Waals surface area contributed by atoms with Gasteiger partial charge in [-0.3, -0.25) is 9.59 Å². The van der Waals surface area contributed by atoms with E-state index in [0.29, 0.717) is 10.8 Å². The van der Waals surface area contributed by atoms with Gasteiger partial charge in [0.25, 0.3) is 0 Å². The molecule has 6 nitrogen and oxygen atoms in total. The van der Waals surface area contributed by atoms with Crippen molar-refractivity contribution in [2.75, 3.05) is 23.5 Å². The molecule has 4 rings (SSSR count). The lowest BCUT2D eigenvalue weighted by Gasteiger charge is -2.05. The van der Waals surface area contributed by atoms with Gasteiger partial charge in [0.15, 0.2) is 5.13 Å². The summed E-state index contributed by atoms with van der Waals surface area (Å²) >= 11 is 2.79. The van der Waals surface area contributed by atoms with E-state index in [2.05, 4.69) is 15.6 Å². The Morgan fingerprint density at radius 3 is 2.57 bits per heavy atom. The third kappa shape index (κ3) is 7.30. The smallest absolute Gasteiger partial charge is 0.248 e. The van der Waals surface area contributed by atoms with Crippen molar-refractivity contribution < 1.29 is 14.3 Å². The topological polar surface area (TPSA) is 80.3 Å². The molecule has 8 heteroatoms. The number of amides is 2. The van der Waals surface area contributed by atoms with Crippen molar-refractivity contribution in [1.82, 2.24) is 4.98 Å². The van der Waals surface area contributed by atoms with E-state index in [9.17, 15) is 9.59 Å². The van der Waals surface area contributed by atoms with Crippen molar-refractivity contribution in [1.29, 1.82) is 0 Å². The SMILES string of the molecule is COc1cccc(-c2csc(NC(=O)CSc3ccc(NC(=O)/C=C/c4ccccc4)cc3)n2)c1. The highest BCUT2D eigenvalue weighted by molar-refractivity contribution is 8.00. The number of anilines is 2. The van der Waals surface area contributed by atoms with Gasteiger partial charge in [-0.1, -0.05) is 42.5 Å². The van der Waals surface area contributed by atoms with Crippen molar-refractivity contribution in [2.24, 2.45) is 0 Å². The van der Waals surface area contributed by atoms with Crippen molar-refractivity contribution in [2.45, 2.75) is 4.90 Å². The third-order valence-corrected chi connectivity index (χ3v) is 6.60. The molecule has 4 aromatic rings. The van der Waals surface area contributed by atoms with E-state index in [1.54, 1.807) is 13.2 Å². The summed E-state index contributed by atoms with van der Waals surface area (Å²) in [5.41, 5.74) is 3.36. The van der Waals surface area contributed by atoms with E-state index < -0.39 is 0 Å². The fourth-order valence-corrected chi connectivity index (χ4v) is 4.54. The molecule has 0 aliphatic heterocycles. The first-order valence-electron chi connectivity index (χ1n) is 10.8. The van der Waals surface area contributed by atoms with Crippen LogP contribution < -0.4 is 15.4 Å². The number of thiazole rings is 1. The van der Waals surface area contributed by atoms with Crippen molar-refractivity contribution in [3.8, 4) is 17.0 Å². The number of thioether (sulfide) groups is 1. The third-order valence-electron chi connectivity index (χ3n) is 4.83. The van der Waals surface area contributed by atoms with Crippen LogP contribution in [0.25, 0.3) is 17.3 Å². The van der Waals surface area contributed by atoms with Crippen LogP contribution in [0.1, 0.15) is 5.56 Å². The Balaban J connectivity index is 1.24. The number of benzene rings is 3. The van der Waals surface area contributed by atoms with Gasteiger partial charge in [-0.15, -0.1) is 23.1 Å². The Labute approximate surface area is 212 Å². The van der Waals surface area contributed by atoms with E-state index in [-0.39, 0.29) is 17.6 Å². The second-order valence-corrected chi connectivity index (χ2v) is 9.27. The summed E-state index contributed by atoms with van der Waals surface area (Å²) in [5.74, 6) is 0.668. The Kier molecular flexibility index (Phi) is 8.32. The molecular weight excluding hydrogens is 478 g/mol. The number of ether oxygens (including phenoxy) is 1. The van der Waals surface area contributed by atoms with Crippen molar-refractivity contribution >= 4 is 51.8 Å². The van der Waals surface area contributed by atoms with E-state index in [1.165, 1.54) is 29.2 Å².